The molecular weight excluding hydrogens is 329 g/mol. The molecule has 1 aromatic rings. The van der Waals surface area contributed by atoms with Gasteiger partial charge >= 0.3 is 7.48 Å². The third kappa shape index (κ3) is 4.80. The maximum atomic E-state index is 10.1. The molecule has 2 aliphatic rings. The van der Waals surface area contributed by atoms with Gasteiger partial charge in [-0.2, -0.15) is 0 Å². The zero-order chi connectivity index (χ0) is 18.8. The van der Waals surface area contributed by atoms with E-state index in [1.54, 1.807) is 21.3 Å². The van der Waals surface area contributed by atoms with Crippen molar-refractivity contribution in [2.45, 2.75) is 63.9 Å². The molecule has 2 saturated heterocycles. The van der Waals surface area contributed by atoms with Gasteiger partial charge in [-0.05, 0) is 52.7 Å². The quantitative estimate of drug-likeness (QED) is 0.751. The van der Waals surface area contributed by atoms with Gasteiger partial charge in [-0.25, -0.2) is 0 Å². The van der Waals surface area contributed by atoms with E-state index in [2.05, 4.69) is 4.90 Å². The van der Waals surface area contributed by atoms with Crippen LogP contribution < -0.4 is 10.2 Å². The van der Waals surface area contributed by atoms with Crippen LogP contribution in [0.3, 0.4) is 0 Å². The predicted molar refractivity (Wildman–Crippen MR) is 103 cm³/mol. The van der Waals surface area contributed by atoms with E-state index in [1.165, 1.54) is 0 Å². The van der Waals surface area contributed by atoms with Crippen LogP contribution in [0.4, 0.5) is 0 Å². The highest BCUT2D eigenvalue weighted by molar-refractivity contribution is 6.47. The van der Waals surface area contributed by atoms with Gasteiger partial charge < -0.3 is 19.2 Å². The Morgan fingerprint density at radius 3 is 2.19 bits per heavy atom. The van der Waals surface area contributed by atoms with Crippen LogP contribution >= 0.6 is 0 Å². The molecule has 2 fully saturated rings. The minimum Gasteiger partial charge on any atom is -0.490 e. The van der Waals surface area contributed by atoms with E-state index in [0.29, 0.717) is 6.04 Å². The summed E-state index contributed by atoms with van der Waals surface area (Å²) < 4.78 is 17.2. The number of piperidine rings is 1. The summed E-state index contributed by atoms with van der Waals surface area (Å²) >= 11 is 0. The zero-order valence-electron chi connectivity index (χ0n) is 16.4. The van der Waals surface area contributed by atoms with Gasteiger partial charge in [0.1, 0.15) is 11.9 Å². The maximum absolute atomic E-state index is 10.1. The molecule has 0 saturated carbocycles. The van der Waals surface area contributed by atoms with Gasteiger partial charge in [0, 0.05) is 13.1 Å². The molecule has 0 aliphatic carbocycles. The van der Waals surface area contributed by atoms with Crippen molar-refractivity contribution < 1.29 is 19.2 Å². The van der Waals surface area contributed by atoms with E-state index in [-0.39, 0.29) is 6.10 Å². The van der Waals surface area contributed by atoms with E-state index in [0.717, 1.165) is 50.4 Å². The molecule has 143 valence electrons. The van der Waals surface area contributed by atoms with Crippen LogP contribution in [0.1, 0.15) is 40.5 Å². The number of rotatable bonds is 7. The van der Waals surface area contributed by atoms with Crippen molar-refractivity contribution in [3.63, 3.8) is 0 Å². The molecule has 3 rings (SSSR count). The van der Waals surface area contributed by atoms with Gasteiger partial charge in [0.25, 0.3) is 0 Å². The van der Waals surface area contributed by atoms with Crippen molar-refractivity contribution in [1.82, 2.24) is 4.90 Å². The fourth-order valence-electron chi connectivity index (χ4n) is 2.97. The number of nitrogens with zero attached hydrogens (tertiary/aromatic N) is 1. The van der Waals surface area contributed by atoms with Crippen molar-refractivity contribution in [3.8, 4) is 5.75 Å². The Bertz CT molecular complexity index is 572. The first-order chi connectivity index (χ1) is 12.2. The van der Waals surface area contributed by atoms with Crippen molar-refractivity contribution >= 4 is 12.9 Å². The molecule has 1 radical (unpaired) electrons. The average Bonchev–Trinajstić information content (AvgIpc) is 2.53. The summed E-state index contributed by atoms with van der Waals surface area (Å²) in [5, 5.41) is 10.1. The summed E-state index contributed by atoms with van der Waals surface area (Å²) in [5.41, 5.74) is -0.635. The fourth-order valence-corrected chi connectivity index (χ4v) is 2.97. The molecule has 6 heteroatoms. The summed E-state index contributed by atoms with van der Waals surface area (Å²) in [5.74, 6) is 0.898. The van der Waals surface area contributed by atoms with Crippen molar-refractivity contribution in [2.75, 3.05) is 26.3 Å². The monoisotopic (exact) mass is 360 g/mol. The molecule has 2 heterocycles. The molecule has 1 aromatic carbocycles. The van der Waals surface area contributed by atoms with Crippen molar-refractivity contribution in [3.05, 3.63) is 24.3 Å². The van der Waals surface area contributed by atoms with Gasteiger partial charge in [-0.1, -0.05) is 17.6 Å². The second-order valence-electron chi connectivity index (χ2n) is 8.42. The Morgan fingerprint density at radius 1 is 1.08 bits per heavy atom. The number of likely N-dealkylation sites (tertiary alicyclic amines) is 1. The third-order valence-electron chi connectivity index (χ3n) is 5.76. The van der Waals surface area contributed by atoms with E-state index < -0.39 is 11.2 Å². The van der Waals surface area contributed by atoms with Gasteiger partial charge in [-0.3, -0.25) is 4.90 Å². The van der Waals surface area contributed by atoms with Crippen molar-refractivity contribution in [1.29, 1.82) is 0 Å². The number of hydrogen-bond acceptors (Lipinski definition) is 5. The molecule has 0 bridgehead atoms. The molecule has 5 nitrogen and oxygen atoms in total. The molecule has 0 aromatic heterocycles. The minimum atomic E-state index is -0.924. The van der Waals surface area contributed by atoms with Crippen LogP contribution in [0.15, 0.2) is 24.3 Å². The Kier molecular flexibility index (Phi) is 5.97. The van der Waals surface area contributed by atoms with Crippen LogP contribution in [0.2, 0.25) is 0 Å². The highest BCUT2D eigenvalue weighted by atomic mass is 16.5. The Balaban J connectivity index is 1.44. The second-order valence-corrected chi connectivity index (χ2v) is 8.42. The molecule has 0 amide bonds. The summed E-state index contributed by atoms with van der Waals surface area (Å²) in [6.07, 6.45) is 2.41. The third-order valence-corrected chi connectivity index (χ3v) is 5.76. The number of ether oxygens (including phenoxy) is 2. The normalized spacial score (nSPS) is 20.7. The first-order valence-corrected chi connectivity index (χ1v) is 9.56. The lowest BCUT2D eigenvalue weighted by Crippen LogP contribution is -2.52. The minimum absolute atomic E-state index is 0.285. The number of benzene rings is 1. The van der Waals surface area contributed by atoms with Gasteiger partial charge in [0.15, 0.2) is 0 Å². The molecule has 0 unspecified atom stereocenters. The molecule has 0 spiro atoms. The van der Waals surface area contributed by atoms with Crippen LogP contribution in [0.5, 0.6) is 5.75 Å². The summed E-state index contributed by atoms with van der Waals surface area (Å²) in [7, 11) is 1.70. The SMILES string of the molecule is CC(C)(O)C(C)(C)O[B]c1ccc(OC2CCN(C3COC3)CC2)cc1. The van der Waals surface area contributed by atoms with Crippen LogP contribution in [-0.4, -0.2) is 67.1 Å². The van der Waals surface area contributed by atoms with Crippen LogP contribution in [0.25, 0.3) is 0 Å². The summed E-state index contributed by atoms with van der Waals surface area (Å²) in [6, 6.07) is 8.56. The van der Waals surface area contributed by atoms with Crippen molar-refractivity contribution in [2.24, 2.45) is 0 Å². The summed E-state index contributed by atoms with van der Waals surface area (Å²) in [4.78, 5) is 2.52. The lowest BCUT2D eigenvalue weighted by Gasteiger charge is -2.41. The lowest BCUT2D eigenvalue weighted by atomic mass is 9.82. The highest BCUT2D eigenvalue weighted by Gasteiger charge is 2.35. The van der Waals surface area contributed by atoms with E-state index >= 15 is 0 Å². The Morgan fingerprint density at radius 2 is 1.69 bits per heavy atom. The van der Waals surface area contributed by atoms with E-state index in [9.17, 15) is 5.11 Å². The van der Waals surface area contributed by atoms with E-state index in [4.69, 9.17) is 14.1 Å². The van der Waals surface area contributed by atoms with E-state index in [1.807, 2.05) is 38.1 Å². The van der Waals surface area contributed by atoms with Crippen LogP contribution in [-0.2, 0) is 9.39 Å². The average molecular weight is 360 g/mol. The zero-order valence-corrected chi connectivity index (χ0v) is 16.4. The first-order valence-electron chi connectivity index (χ1n) is 9.56. The largest absolute Gasteiger partial charge is 0.490 e. The van der Waals surface area contributed by atoms with Gasteiger partial charge in [0.05, 0.1) is 30.5 Å². The highest BCUT2D eigenvalue weighted by Crippen LogP contribution is 2.24. The molecule has 1 N–H and O–H groups in total. The Labute approximate surface area is 157 Å². The van der Waals surface area contributed by atoms with Gasteiger partial charge in [-0.15, -0.1) is 0 Å². The number of aliphatic hydroxyl groups is 1. The van der Waals surface area contributed by atoms with Crippen LogP contribution in [0, 0.1) is 0 Å². The standard InChI is InChI=1S/C20H31BNO4/c1-19(2,23)20(3,4)26-21-15-5-7-17(8-6-15)25-18-9-11-22(12-10-18)16-13-24-14-16/h5-8,16,18,23H,9-14H2,1-4H3. The fraction of sp³-hybridized carbons (Fsp3) is 0.700. The summed E-state index contributed by atoms with van der Waals surface area (Å²) in [6.45, 7) is 11.2. The molecular formula is C20H31BNO4. The second kappa shape index (κ2) is 7.89. The number of hydrogen-bond donors (Lipinski definition) is 1. The lowest BCUT2D eigenvalue weighted by molar-refractivity contribution is -0.0893. The van der Waals surface area contributed by atoms with Gasteiger partial charge in [0.2, 0.25) is 0 Å². The maximum Gasteiger partial charge on any atom is 0.330 e. The molecule has 2 aliphatic heterocycles. The predicted octanol–water partition coefficient (Wildman–Crippen LogP) is 1.74. The Hall–Kier alpha value is -1.08. The molecule has 0 atom stereocenters. The topological polar surface area (TPSA) is 51.2 Å². The molecule has 26 heavy (non-hydrogen) atoms. The smallest absolute Gasteiger partial charge is 0.330 e. The first kappa shape index (κ1) is 19.7.